The van der Waals surface area contributed by atoms with Gasteiger partial charge in [0.2, 0.25) is 0 Å². The van der Waals surface area contributed by atoms with Crippen LogP contribution in [0.1, 0.15) is 26.3 Å². The quantitative estimate of drug-likeness (QED) is 0.762. The van der Waals surface area contributed by atoms with Gasteiger partial charge in [-0.25, -0.2) is 4.79 Å². The summed E-state index contributed by atoms with van der Waals surface area (Å²) in [6.07, 6.45) is -0.413. The van der Waals surface area contributed by atoms with Gasteiger partial charge in [-0.2, -0.15) is 0 Å². The molecular formula is C12H16BNO2. The van der Waals surface area contributed by atoms with Crippen LogP contribution < -0.4 is 10.8 Å². The molecule has 0 heterocycles. The second-order valence-corrected chi connectivity index (χ2v) is 4.60. The van der Waals surface area contributed by atoms with E-state index in [-0.39, 0.29) is 0 Å². The molecule has 1 rings (SSSR count). The van der Waals surface area contributed by atoms with Gasteiger partial charge in [-0.15, -0.1) is 0 Å². The maximum Gasteiger partial charge on any atom is 0.407 e. The fraction of sp³-hybridized carbons (Fsp3) is 0.417. The molecule has 0 aliphatic carbocycles. The Bertz CT molecular complexity index is 354. The molecule has 1 N–H and O–H groups in total. The van der Waals surface area contributed by atoms with E-state index in [9.17, 15) is 4.79 Å². The summed E-state index contributed by atoms with van der Waals surface area (Å²) in [7, 11) is 5.55. The number of carbonyl (C=O) groups is 1. The van der Waals surface area contributed by atoms with Crippen LogP contribution in [-0.4, -0.2) is 19.5 Å². The standard InChI is InChI=1S/C12H16BNO2/c1-12(2,3)16-11(15)14-8-9-4-6-10(13)7-5-9/h4-7H,8H2,1-3H3,(H,14,15). The van der Waals surface area contributed by atoms with Crippen LogP contribution in [0, 0.1) is 0 Å². The van der Waals surface area contributed by atoms with Gasteiger partial charge in [0.15, 0.2) is 0 Å². The van der Waals surface area contributed by atoms with Gasteiger partial charge in [-0.05, 0) is 26.3 Å². The molecule has 0 atom stereocenters. The topological polar surface area (TPSA) is 38.3 Å². The van der Waals surface area contributed by atoms with E-state index >= 15 is 0 Å². The molecule has 0 bridgehead atoms. The minimum absolute atomic E-state index is 0.413. The molecular weight excluding hydrogens is 201 g/mol. The number of alkyl carbamates (subject to hydrolysis) is 1. The fourth-order valence-electron chi connectivity index (χ4n) is 1.12. The summed E-state index contributed by atoms with van der Waals surface area (Å²) in [5.41, 5.74) is 1.23. The van der Waals surface area contributed by atoms with E-state index in [1.54, 1.807) is 12.1 Å². The van der Waals surface area contributed by atoms with Crippen molar-refractivity contribution in [3.05, 3.63) is 29.8 Å². The van der Waals surface area contributed by atoms with Crippen LogP contribution in [-0.2, 0) is 11.3 Å². The zero-order chi connectivity index (χ0) is 12.2. The Morgan fingerprint density at radius 1 is 1.31 bits per heavy atom. The van der Waals surface area contributed by atoms with E-state index in [0.29, 0.717) is 12.0 Å². The molecule has 1 aromatic rings. The van der Waals surface area contributed by atoms with Crippen molar-refractivity contribution < 1.29 is 9.53 Å². The van der Waals surface area contributed by atoms with Gasteiger partial charge in [0.25, 0.3) is 0 Å². The molecule has 0 spiro atoms. The summed E-state index contributed by atoms with van der Waals surface area (Å²) < 4.78 is 5.11. The first-order chi connectivity index (χ1) is 7.37. The molecule has 0 aromatic heterocycles. The lowest BCUT2D eigenvalue weighted by Gasteiger charge is -2.19. The molecule has 0 unspecified atom stereocenters. The summed E-state index contributed by atoms with van der Waals surface area (Å²) in [4.78, 5) is 11.3. The first kappa shape index (κ1) is 12.6. The van der Waals surface area contributed by atoms with Crippen molar-refractivity contribution in [2.24, 2.45) is 0 Å². The molecule has 16 heavy (non-hydrogen) atoms. The first-order valence-electron chi connectivity index (χ1n) is 5.18. The zero-order valence-corrected chi connectivity index (χ0v) is 9.91. The van der Waals surface area contributed by atoms with Gasteiger partial charge in [0, 0.05) is 6.54 Å². The number of benzene rings is 1. The highest BCUT2D eigenvalue weighted by atomic mass is 16.6. The second-order valence-electron chi connectivity index (χ2n) is 4.60. The van der Waals surface area contributed by atoms with Gasteiger partial charge >= 0.3 is 6.09 Å². The van der Waals surface area contributed by atoms with Crippen molar-refractivity contribution in [1.82, 2.24) is 5.32 Å². The Morgan fingerprint density at radius 3 is 2.38 bits per heavy atom. The number of rotatable bonds is 2. The van der Waals surface area contributed by atoms with Crippen LogP contribution >= 0.6 is 0 Å². The molecule has 1 amide bonds. The molecule has 1 aromatic carbocycles. The van der Waals surface area contributed by atoms with Crippen LogP contribution in [0.4, 0.5) is 4.79 Å². The molecule has 0 fully saturated rings. The summed E-state index contributed by atoms with van der Waals surface area (Å²) in [5, 5.41) is 2.67. The van der Waals surface area contributed by atoms with Crippen molar-refractivity contribution in [3.63, 3.8) is 0 Å². The van der Waals surface area contributed by atoms with Crippen LogP contribution in [0.15, 0.2) is 24.3 Å². The lowest BCUT2D eigenvalue weighted by Crippen LogP contribution is -2.32. The van der Waals surface area contributed by atoms with E-state index in [4.69, 9.17) is 12.6 Å². The number of hydrogen-bond donors (Lipinski definition) is 1. The minimum Gasteiger partial charge on any atom is -0.444 e. The van der Waals surface area contributed by atoms with E-state index in [1.807, 2.05) is 32.9 Å². The smallest absolute Gasteiger partial charge is 0.407 e. The summed E-state index contributed by atoms with van der Waals surface area (Å²) in [6, 6.07) is 7.33. The van der Waals surface area contributed by atoms with Gasteiger partial charge < -0.3 is 10.1 Å². The third-order valence-electron chi connectivity index (χ3n) is 1.82. The van der Waals surface area contributed by atoms with Crippen LogP contribution in [0.25, 0.3) is 0 Å². The SMILES string of the molecule is [B]c1ccc(CNC(=O)OC(C)(C)C)cc1. The third kappa shape index (κ3) is 4.87. The molecule has 84 valence electrons. The van der Waals surface area contributed by atoms with Gasteiger partial charge in [0.1, 0.15) is 13.4 Å². The number of ether oxygens (including phenoxy) is 1. The molecule has 0 saturated heterocycles. The highest BCUT2D eigenvalue weighted by Gasteiger charge is 2.15. The average Bonchev–Trinajstić information content (AvgIpc) is 2.14. The van der Waals surface area contributed by atoms with E-state index in [2.05, 4.69) is 5.32 Å². The lowest BCUT2D eigenvalue weighted by atomic mass is 9.95. The summed E-state index contributed by atoms with van der Waals surface area (Å²) in [6.45, 7) is 5.93. The van der Waals surface area contributed by atoms with E-state index in [0.717, 1.165) is 5.56 Å². The minimum atomic E-state index is -0.467. The molecule has 4 heteroatoms. The highest BCUT2D eigenvalue weighted by molar-refractivity contribution is 6.32. The highest BCUT2D eigenvalue weighted by Crippen LogP contribution is 2.06. The Labute approximate surface area is 97.6 Å². The molecule has 0 saturated carbocycles. The second kappa shape index (κ2) is 5.06. The number of nitrogens with one attached hydrogen (secondary N) is 1. The van der Waals surface area contributed by atoms with Gasteiger partial charge in [-0.3, -0.25) is 0 Å². The average molecular weight is 217 g/mol. The van der Waals surface area contributed by atoms with Crippen molar-refractivity contribution in [2.45, 2.75) is 32.9 Å². The van der Waals surface area contributed by atoms with Crippen molar-refractivity contribution >= 4 is 19.4 Å². The Balaban J connectivity index is 2.40. The Hall–Kier alpha value is -1.45. The van der Waals surface area contributed by atoms with Crippen LogP contribution in [0.5, 0.6) is 0 Å². The molecule has 3 nitrogen and oxygen atoms in total. The van der Waals surface area contributed by atoms with Crippen molar-refractivity contribution in [3.8, 4) is 0 Å². The normalized spacial score (nSPS) is 10.9. The third-order valence-corrected chi connectivity index (χ3v) is 1.82. The number of amides is 1. The number of carbonyl (C=O) groups excluding carboxylic acids is 1. The summed E-state index contributed by atoms with van der Waals surface area (Å²) >= 11 is 0. The molecule has 0 aliphatic heterocycles. The maximum atomic E-state index is 11.3. The fourth-order valence-corrected chi connectivity index (χ4v) is 1.12. The Morgan fingerprint density at radius 2 is 1.88 bits per heavy atom. The van der Waals surface area contributed by atoms with E-state index < -0.39 is 11.7 Å². The van der Waals surface area contributed by atoms with Crippen LogP contribution in [0.3, 0.4) is 0 Å². The zero-order valence-electron chi connectivity index (χ0n) is 9.91. The van der Waals surface area contributed by atoms with Gasteiger partial charge in [-0.1, -0.05) is 29.7 Å². The predicted molar refractivity (Wildman–Crippen MR) is 64.9 cm³/mol. The lowest BCUT2D eigenvalue weighted by molar-refractivity contribution is 0.0523. The largest absolute Gasteiger partial charge is 0.444 e. The monoisotopic (exact) mass is 217 g/mol. The molecule has 0 aliphatic rings. The van der Waals surface area contributed by atoms with Crippen molar-refractivity contribution in [1.29, 1.82) is 0 Å². The Kier molecular flexibility index (Phi) is 3.99. The van der Waals surface area contributed by atoms with Gasteiger partial charge in [0.05, 0.1) is 0 Å². The maximum absolute atomic E-state index is 11.3. The predicted octanol–water partition coefficient (Wildman–Crippen LogP) is 1.51. The first-order valence-corrected chi connectivity index (χ1v) is 5.18. The van der Waals surface area contributed by atoms with E-state index in [1.165, 1.54) is 0 Å². The van der Waals surface area contributed by atoms with Crippen LogP contribution in [0.2, 0.25) is 0 Å². The number of hydrogen-bond acceptors (Lipinski definition) is 2. The molecule has 2 radical (unpaired) electrons. The van der Waals surface area contributed by atoms with Crippen molar-refractivity contribution in [2.75, 3.05) is 0 Å². The summed E-state index contributed by atoms with van der Waals surface area (Å²) in [5.74, 6) is 0.